The first-order valence-electron chi connectivity index (χ1n) is 11.9. The van der Waals surface area contributed by atoms with Crippen LogP contribution in [0.5, 0.6) is 5.75 Å². The number of amides is 1. The van der Waals surface area contributed by atoms with Crippen LogP contribution < -0.4 is 9.64 Å². The first-order valence-corrected chi connectivity index (χ1v) is 11.9. The van der Waals surface area contributed by atoms with E-state index in [2.05, 4.69) is 15.0 Å². The zero-order valence-electron chi connectivity index (χ0n) is 20.5. The fourth-order valence-corrected chi connectivity index (χ4v) is 4.96. The molecule has 0 radical (unpaired) electrons. The first kappa shape index (κ1) is 22.6. The Bertz CT molecular complexity index is 1720. The van der Waals surface area contributed by atoms with Crippen molar-refractivity contribution in [2.75, 3.05) is 12.0 Å². The van der Waals surface area contributed by atoms with Crippen molar-refractivity contribution < 1.29 is 19.4 Å². The molecule has 1 amide bonds. The van der Waals surface area contributed by atoms with Gasteiger partial charge in [-0.25, -0.2) is 4.98 Å². The van der Waals surface area contributed by atoms with Gasteiger partial charge < -0.3 is 19.8 Å². The summed E-state index contributed by atoms with van der Waals surface area (Å²) in [7, 11) is 1.55. The van der Waals surface area contributed by atoms with Crippen molar-refractivity contribution in [1.82, 2.24) is 15.0 Å². The molecule has 2 aromatic heterocycles. The molecule has 0 spiro atoms. The molecule has 1 unspecified atom stereocenters. The number of benzene rings is 3. The molecule has 0 saturated carbocycles. The molecule has 8 nitrogen and oxygen atoms in total. The third kappa shape index (κ3) is 3.48. The number of ketones is 1. The quantitative estimate of drug-likeness (QED) is 0.179. The number of aliphatic hydroxyl groups excluding tert-OH is 1. The number of Topliss-reactive ketones (excluding diaryl/α,β-unsaturated/α-hetero) is 1. The molecule has 1 fully saturated rings. The molecule has 0 bridgehead atoms. The van der Waals surface area contributed by atoms with E-state index in [1.54, 1.807) is 37.6 Å². The third-order valence-corrected chi connectivity index (χ3v) is 7.01. The van der Waals surface area contributed by atoms with E-state index in [9.17, 15) is 14.7 Å². The highest BCUT2D eigenvalue weighted by Gasteiger charge is 2.48. The Kier molecular flexibility index (Phi) is 5.12. The Labute approximate surface area is 212 Å². The number of hydrogen-bond acceptors (Lipinski definition) is 5. The highest BCUT2D eigenvalue weighted by Crippen LogP contribution is 2.43. The van der Waals surface area contributed by atoms with E-state index in [0.29, 0.717) is 22.4 Å². The van der Waals surface area contributed by atoms with Crippen LogP contribution >= 0.6 is 0 Å². The van der Waals surface area contributed by atoms with Gasteiger partial charge in [0.15, 0.2) is 0 Å². The van der Waals surface area contributed by atoms with Crippen LogP contribution in [-0.2, 0) is 9.59 Å². The van der Waals surface area contributed by atoms with Gasteiger partial charge in [-0.3, -0.25) is 14.5 Å². The van der Waals surface area contributed by atoms with Gasteiger partial charge in [0.05, 0.1) is 29.8 Å². The van der Waals surface area contributed by atoms with Crippen molar-refractivity contribution in [3.63, 3.8) is 0 Å². The second-order valence-electron chi connectivity index (χ2n) is 9.21. The van der Waals surface area contributed by atoms with Crippen molar-refractivity contribution in [3.05, 3.63) is 94.7 Å². The molecule has 184 valence electrons. The van der Waals surface area contributed by atoms with Crippen molar-refractivity contribution in [1.29, 1.82) is 0 Å². The number of H-pyrrole nitrogens is 2. The lowest BCUT2D eigenvalue weighted by Gasteiger charge is -2.23. The summed E-state index contributed by atoms with van der Waals surface area (Å²) in [5.41, 5.74) is 5.41. The van der Waals surface area contributed by atoms with Gasteiger partial charge in [0.1, 0.15) is 11.5 Å². The highest BCUT2D eigenvalue weighted by atomic mass is 16.5. The minimum Gasteiger partial charge on any atom is -0.507 e. The van der Waals surface area contributed by atoms with E-state index in [-0.39, 0.29) is 17.3 Å². The molecule has 1 aliphatic heterocycles. The summed E-state index contributed by atoms with van der Waals surface area (Å²) in [5, 5.41) is 12.3. The Morgan fingerprint density at radius 2 is 1.78 bits per heavy atom. The van der Waals surface area contributed by atoms with E-state index in [1.807, 2.05) is 50.2 Å². The first-order chi connectivity index (χ1) is 17.9. The lowest BCUT2D eigenvalue weighted by molar-refractivity contribution is -0.132. The maximum absolute atomic E-state index is 13.5. The number of ether oxygens (including phenoxy) is 1. The number of carbonyl (C=O) groups excluding carboxylic acids is 2. The molecule has 37 heavy (non-hydrogen) atoms. The number of carbonyl (C=O) groups is 2. The largest absolute Gasteiger partial charge is 0.507 e. The van der Waals surface area contributed by atoms with Crippen molar-refractivity contribution in [2.24, 2.45) is 0 Å². The van der Waals surface area contributed by atoms with Crippen LogP contribution in [0, 0.1) is 13.8 Å². The average molecular weight is 493 g/mol. The molecule has 1 saturated heterocycles. The van der Waals surface area contributed by atoms with Gasteiger partial charge >= 0.3 is 5.91 Å². The minimum atomic E-state index is -0.925. The van der Waals surface area contributed by atoms with Crippen LogP contribution in [0.1, 0.15) is 28.3 Å². The lowest BCUT2D eigenvalue weighted by Crippen LogP contribution is -2.30. The second-order valence-corrected chi connectivity index (χ2v) is 9.21. The molecule has 8 heteroatoms. The third-order valence-electron chi connectivity index (χ3n) is 7.01. The standard InChI is InChI=1S/C29H24N4O4/c1-15-11-22-23(12-16(15)2)32-29(31-22)33-25(17-7-6-8-18(13-17)37-3)24(27(35)28(33)36)26(34)20-14-30-21-10-5-4-9-19(20)21/h4-14,25,30,34H,1-3H3,(H,31,32)/b26-24+. The molecule has 6 rings (SSSR count). The topological polar surface area (TPSA) is 111 Å². The number of nitrogens with zero attached hydrogens (tertiary/aromatic N) is 2. The summed E-state index contributed by atoms with van der Waals surface area (Å²) in [5.74, 6) is -1.03. The molecule has 0 aliphatic carbocycles. The van der Waals surface area contributed by atoms with Gasteiger partial charge in [-0.1, -0.05) is 30.3 Å². The normalized spacial score (nSPS) is 17.3. The van der Waals surface area contributed by atoms with Gasteiger partial charge in [-0.05, 0) is 60.9 Å². The van der Waals surface area contributed by atoms with Crippen LogP contribution in [0.15, 0.2) is 72.4 Å². The number of imidazole rings is 1. The molecule has 1 aliphatic rings. The van der Waals surface area contributed by atoms with Gasteiger partial charge in [0.2, 0.25) is 5.95 Å². The number of methoxy groups -OCH3 is 1. The number of aromatic nitrogens is 3. The van der Waals surface area contributed by atoms with Gasteiger partial charge in [0, 0.05) is 22.7 Å². The van der Waals surface area contributed by atoms with E-state index >= 15 is 0 Å². The summed E-state index contributed by atoms with van der Waals surface area (Å²) in [4.78, 5) is 39.4. The molecular weight excluding hydrogens is 468 g/mol. The van der Waals surface area contributed by atoms with Gasteiger partial charge in [0.25, 0.3) is 5.78 Å². The number of nitrogens with one attached hydrogen (secondary N) is 2. The summed E-state index contributed by atoms with van der Waals surface area (Å²) in [6.07, 6.45) is 1.64. The number of anilines is 1. The highest BCUT2D eigenvalue weighted by molar-refractivity contribution is 6.51. The number of para-hydroxylation sites is 1. The average Bonchev–Trinajstić information content (AvgIpc) is 3.58. The predicted octanol–water partition coefficient (Wildman–Crippen LogP) is 5.30. The van der Waals surface area contributed by atoms with Crippen LogP contribution in [0.2, 0.25) is 0 Å². The predicted molar refractivity (Wildman–Crippen MR) is 142 cm³/mol. The van der Waals surface area contributed by atoms with Crippen LogP contribution in [0.4, 0.5) is 5.95 Å². The lowest BCUT2D eigenvalue weighted by atomic mass is 9.95. The Hall–Kier alpha value is -4.85. The van der Waals surface area contributed by atoms with Crippen LogP contribution in [-0.4, -0.2) is 38.9 Å². The van der Waals surface area contributed by atoms with Gasteiger partial charge in [-0.15, -0.1) is 0 Å². The number of aromatic amines is 2. The van der Waals surface area contributed by atoms with E-state index in [0.717, 1.165) is 27.5 Å². The maximum Gasteiger partial charge on any atom is 0.302 e. The maximum atomic E-state index is 13.5. The zero-order chi connectivity index (χ0) is 25.8. The summed E-state index contributed by atoms with van der Waals surface area (Å²) in [6, 6.07) is 17.5. The zero-order valence-corrected chi connectivity index (χ0v) is 20.5. The Balaban J connectivity index is 1.60. The van der Waals surface area contributed by atoms with Gasteiger partial charge in [-0.2, -0.15) is 0 Å². The smallest absolute Gasteiger partial charge is 0.302 e. The van der Waals surface area contributed by atoms with E-state index in [1.165, 1.54) is 4.90 Å². The Morgan fingerprint density at radius 1 is 1.00 bits per heavy atom. The number of aryl methyl sites for hydroxylation is 2. The monoisotopic (exact) mass is 492 g/mol. The number of fused-ring (bicyclic) bond motifs is 2. The second kappa shape index (κ2) is 8.37. The van der Waals surface area contributed by atoms with Crippen molar-refractivity contribution in [3.8, 4) is 5.75 Å². The molecule has 1 atom stereocenters. The summed E-state index contributed by atoms with van der Waals surface area (Å²) >= 11 is 0. The molecule has 3 heterocycles. The number of hydrogen-bond donors (Lipinski definition) is 3. The number of aliphatic hydroxyl groups is 1. The number of rotatable bonds is 4. The molecule has 3 aromatic carbocycles. The summed E-state index contributed by atoms with van der Waals surface area (Å²) in [6.45, 7) is 3.99. The summed E-state index contributed by atoms with van der Waals surface area (Å²) < 4.78 is 5.41. The molecule has 3 N–H and O–H groups in total. The molecular formula is C29H24N4O4. The van der Waals surface area contributed by atoms with E-state index in [4.69, 9.17) is 4.74 Å². The van der Waals surface area contributed by atoms with E-state index < -0.39 is 17.7 Å². The van der Waals surface area contributed by atoms with Crippen LogP contribution in [0.25, 0.3) is 27.7 Å². The SMILES string of the molecule is COc1cccc(C2/C(=C(\O)c3c[nH]c4ccccc34)C(=O)C(=O)N2c2nc3cc(C)c(C)cc3[nH]2)c1. The Morgan fingerprint density at radius 3 is 2.59 bits per heavy atom. The van der Waals surface area contributed by atoms with Crippen LogP contribution in [0.3, 0.4) is 0 Å². The fraction of sp³-hybridized carbons (Fsp3) is 0.138. The minimum absolute atomic E-state index is 0.0178. The molecule has 5 aromatic rings. The van der Waals surface area contributed by atoms with Crippen molar-refractivity contribution >= 4 is 45.3 Å². The van der Waals surface area contributed by atoms with Crippen molar-refractivity contribution in [2.45, 2.75) is 19.9 Å². The fourth-order valence-electron chi connectivity index (χ4n) is 4.96.